The van der Waals surface area contributed by atoms with Gasteiger partial charge in [-0.25, -0.2) is 4.39 Å². The van der Waals surface area contributed by atoms with E-state index >= 15 is 0 Å². The number of rotatable bonds is 3. The van der Waals surface area contributed by atoms with Crippen LogP contribution in [0.25, 0.3) is 0 Å². The van der Waals surface area contributed by atoms with Crippen LogP contribution in [0, 0.1) is 11.2 Å². The molecule has 0 heterocycles. The van der Waals surface area contributed by atoms with E-state index in [0.717, 1.165) is 19.3 Å². The summed E-state index contributed by atoms with van der Waals surface area (Å²) in [6.45, 7) is 0. The van der Waals surface area contributed by atoms with E-state index in [1.165, 1.54) is 11.0 Å². The maximum atomic E-state index is 13.8. The largest absolute Gasteiger partial charge is 0.392 e. The highest BCUT2D eigenvalue weighted by Gasteiger charge is 2.44. The van der Waals surface area contributed by atoms with Crippen molar-refractivity contribution in [3.05, 3.63) is 30.1 Å². The molecule has 0 bridgehead atoms. The van der Waals surface area contributed by atoms with E-state index in [0.29, 0.717) is 12.8 Å². The first-order chi connectivity index (χ1) is 9.49. The van der Waals surface area contributed by atoms with Gasteiger partial charge in [0.2, 0.25) is 5.91 Å². The molecule has 0 spiro atoms. The third-order valence-corrected chi connectivity index (χ3v) is 4.50. The van der Waals surface area contributed by atoms with Gasteiger partial charge < -0.3 is 10.6 Å². The number of carbonyl (C=O) groups is 1. The van der Waals surface area contributed by atoms with Crippen LogP contribution in [-0.4, -0.2) is 17.9 Å². The topological polar surface area (TPSA) is 46.3 Å². The van der Waals surface area contributed by atoms with Crippen LogP contribution in [0.5, 0.6) is 0 Å². The molecule has 0 saturated heterocycles. The number of anilines is 1. The summed E-state index contributed by atoms with van der Waals surface area (Å²) < 4.78 is 13.8. The van der Waals surface area contributed by atoms with E-state index in [1.807, 2.05) is 0 Å². The first kappa shape index (κ1) is 14.9. The highest BCUT2D eigenvalue weighted by molar-refractivity contribution is 7.80. The number of nitrogens with two attached hydrogens (primary N) is 1. The number of carbonyl (C=O) groups excluding carboxylic acids is 1. The lowest BCUT2D eigenvalue weighted by Gasteiger charge is -2.37. The quantitative estimate of drug-likeness (QED) is 0.872. The average Bonchev–Trinajstić information content (AvgIpc) is 2.47. The molecule has 2 N–H and O–H groups in total. The Hall–Kier alpha value is -1.49. The monoisotopic (exact) mass is 294 g/mol. The number of nitrogens with zero attached hydrogens (tertiary/aromatic N) is 1. The van der Waals surface area contributed by atoms with Crippen LogP contribution in [0.4, 0.5) is 10.1 Å². The van der Waals surface area contributed by atoms with Crippen molar-refractivity contribution in [3.8, 4) is 0 Å². The van der Waals surface area contributed by atoms with Gasteiger partial charge in [-0.3, -0.25) is 4.79 Å². The number of halogens is 1. The van der Waals surface area contributed by atoms with Crippen LogP contribution in [0.2, 0.25) is 0 Å². The molecule has 5 heteroatoms. The molecule has 0 aromatic heterocycles. The van der Waals surface area contributed by atoms with Crippen molar-refractivity contribution in [2.75, 3.05) is 11.9 Å². The molecule has 0 unspecified atom stereocenters. The molecule has 0 radical (unpaired) electrons. The molecule has 20 heavy (non-hydrogen) atoms. The first-order valence-corrected chi connectivity index (χ1v) is 7.22. The van der Waals surface area contributed by atoms with Crippen molar-refractivity contribution in [2.24, 2.45) is 11.1 Å². The lowest BCUT2D eigenvalue weighted by Crippen LogP contribution is -2.50. The fraction of sp³-hybridized carbons (Fsp3) is 0.467. The Morgan fingerprint density at radius 3 is 2.45 bits per heavy atom. The molecular formula is C15H19FN2OS. The van der Waals surface area contributed by atoms with Crippen molar-refractivity contribution in [2.45, 2.75) is 32.1 Å². The summed E-state index contributed by atoms with van der Waals surface area (Å²) in [7, 11) is 1.58. The van der Waals surface area contributed by atoms with Gasteiger partial charge in [0.25, 0.3) is 0 Å². The van der Waals surface area contributed by atoms with E-state index < -0.39 is 11.2 Å². The van der Waals surface area contributed by atoms with Gasteiger partial charge in [-0.2, -0.15) is 0 Å². The predicted molar refractivity (Wildman–Crippen MR) is 82.1 cm³/mol. The third kappa shape index (κ3) is 2.54. The van der Waals surface area contributed by atoms with E-state index in [9.17, 15) is 9.18 Å². The minimum atomic E-state index is -0.815. The van der Waals surface area contributed by atoms with Gasteiger partial charge in [-0.15, -0.1) is 0 Å². The standard InChI is InChI=1S/C15H19FN2OS/c1-18(12-8-4-3-7-11(12)16)14(19)15(13(17)20)9-5-2-6-10-15/h3-4,7-8H,2,5-6,9-10H2,1H3,(H2,17,20). The minimum absolute atomic E-state index is 0.199. The lowest BCUT2D eigenvalue weighted by molar-refractivity contribution is -0.125. The Morgan fingerprint density at radius 2 is 1.90 bits per heavy atom. The van der Waals surface area contributed by atoms with Crippen LogP contribution in [0.1, 0.15) is 32.1 Å². The molecule has 2 rings (SSSR count). The summed E-state index contributed by atoms with van der Waals surface area (Å²) in [4.78, 5) is 14.4. The number of hydrogen-bond donors (Lipinski definition) is 1. The maximum Gasteiger partial charge on any atom is 0.239 e. The second-order valence-corrected chi connectivity index (χ2v) is 5.76. The Morgan fingerprint density at radius 1 is 1.30 bits per heavy atom. The molecular weight excluding hydrogens is 275 g/mol. The van der Waals surface area contributed by atoms with Gasteiger partial charge in [-0.05, 0) is 25.0 Å². The van der Waals surface area contributed by atoms with Gasteiger partial charge in [0.15, 0.2) is 0 Å². The average molecular weight is 294 g/mol. The molecule has 1 aromatic carbocycles. The smallest absolute Gasteiger partial charge is 0.239 e. The predicted octanol–water partition coefficient (Wildman–Crippen LogP) is 3.03. The van der Waals surface area contributed by atoms with E-state index in [-0.39, 0.29) is 16.6 Å². The Kier molecular flexibility index (Phi) is 4.38. The van der Waals surface area contributed by atoms with Gasteiger partial charge in [0.05, 0.1) is 16.1 Å². The number of hydrogen-bond acceptors (Lipinski definition) is 2. The highest BCUT2D eigenvalue weighted by Crippen LogP contribution is 2.39. The molecule has 1 amide bonds. The van der Waals surface area contributed by atoms with E-state index in [2.05, 4.69) is 0 Å². The van der Waals surface area contributed by atoms with Gasteiger partial charge >= 0.3 is 0 Å². The summed E-state index contributed by atoms with van der Waals surface area (Å²) in [5, 5.41) is 0. The molecule has 1 saturated carbocycles. The van der Waals surface area contributed by atoms with Crippen LogP contribution >= 0.6 is 12.2 Å². The zero-order valence-electron chi connectivity index (χ0n) is 11.6. The number of benzene rings is 1. The lowest BCUT2D eigenvalue weighted by atomic mass is 9.73. The second kappa shape index (κ2) is 5.87. The summed E-state index contributed by atoms with van der Waals surface area (Å²) in [6.07, 6.45) is 4.24. The van der Waals surface area contributed by atoms with E-state index in [4.69, 9.17) is 18.0 Å². The Balaban J connectivity index is 2.33. The summed E-state index contributed by atoms with van der Waals surface area (Å²) in [5.41, 5.74) is 5.30. The van der Waals surface area contributed by atoms with Crippen LogP contribution < -0.4 is 10.6 Å². The van der Waals surface area contributed by atoms with Crippen LogP contribution in [0.15, 0.2) is 24.3 Å². The summed E-state index contributed by atoms with van der Waals surface area (Å²) >= 11 is 5.14. The zero-order valence-corrected chi connectivity index (χ0v) is 12.4. The zero-order chi connectivity index (χ0) is 14.8. The summed E-state index contributed by atoms with van der Waals surface area (Å²) in [5.74, 6) is -0.618. The molecule has 3 nitrogen and oxygen atoms in total. The SMILES string of the molecule is CN(C(=O)C1(C(N)=S)CCCCC1)c1ccccc1F. The van der Waals surface area contributed by atoms with Crippen LogP contribution in [0.3, 0.4) is 0 Å². The molecule has 1 aliphatic carbocycles. The maximum absolute atomic E-state index is 13.8. The second-order valence-electron chi connectivity index (χ2n) is 5.32. The number of thiocarbonyl (C=S) groups is 1. The molecule has 1 fully saturated rings. The van der Waals surface area contributed by atoms with Crippen molar-refractivity contribution in [1.29, 1.82) is 0 Å². The normalized spacial score (nSPS) is 17.5. The van der Waals surface area contributed by atoms with Crippen molar-refractivity contribution < 1.29 is 9.18 Å². The summed E-state index contributed by atoms with van der Waals surface area (Å²) in [6, 6.07) is 6.23. The first-order valence-electron chi connectivity index (χ1n) is 6.81. The molecule has 0 aliphatic heterocycles. The van der Waals surface area contributed by atoms with Crippen LogP contribution in [-0.2, 0) is 4.79 Å². The van der Waals surface area contributed by atoms with Crippen molar-refractivity contribution in [3.63, 3.8) is 0 Å². The molecule has 1 aliphatic rings. The van der Waals surface area contributed by atoms with Gasteiger partial charge in [0.1, 0.15) is 5.82 Å². The van der Waals surface area contributed by atoms with Crippen molar-refractivity contribution in [1.82, 2.24) is 0 Å². The molecule has 108 valence electrons. The third-order valence-electron chi connectivity index (χ3n) is 4.11. The Labute approximate surface area is 123 Å². The number of amides is 1. The van der Waals surface area contributed by atoms with E-state index in [1.54, 1.807) is 25.2 Å². The van der Waals surface area contributed by atoms with Gasteiger partial charge in [0, 0.05) is 7.05 Å². The number of para-hydroxylation sites is 1. The molecule has 1 aromatic rings. The van der Waals surface area contributed by atoms with Gasteiger partial charge in [-0.1, -0.05) is 43.6 Å². The fourth-order valence-electron chi connectivity index (χ4n) is 2.88. The highest BCUT2D eigenvalue weighted by atomic mass is 32.1. The minimum Gasteiger partial charge on any atom is -0.392 e. The fourth-order valence-corrected chi connectivity index (χ4v) is 3.17. The molecule has 0 atom stereocenters. The van der Waals surface area contributed by atoms with Crippen molar-refractivity contribution >= 4 is 28.8 Å². The Bertz CT molecular complexity index is 526.